The number of carbonyl (C=O) groups excluding carboxylic acids is 1. The third-order valence-electron chi connectivity index (χ3n) is 4.91. The van der Waals surface area contributed by atoms with Gasteiger partial charge in [0.25, 0.3) is 0 Å². The van der Waals surface area contributed by atoms with Crippen molar-refractivity contribution in [2.75, 3.05) is 44.6 Å². The summed E-state index contributed by atoms with van der Waals surface area (Å²) in [4.78, 5) is 16.9. The molecule has 0 spiro atoms. The fourth-order valence-corrected chi connectivity index (χ4v) is 3.32. The van der Waals surface area contributed by atoms with Gasteiger partial charge < -0.3 is 24.6 Å². The maximum atomic E-state index is 13.0. The molecule has 0 unspecified atom stereocenters. The highest BCUT2D eigenvalue weighted by Gasteiger charge is 2.23. The predicted octanol–water partition coefficient (Wildman–Crippen LogP) is 3.97. The predicted molar refractivity (Wildman–Crippen MR) is 112 cm³/mol. The number of urea groups is 1. The number of para-hydroxylation sites is 2. The van der Waals surface area contributed by atoms with Crippen molar-refractivity contribution < 1.29 is 14.3 Å². The van der Waals surface area contributed by atoms with Gasteiger partial charge in [-0.3, -0.25) is 0 Å². The highest BCUT2D eigenvalue weighted by Crippen LogP contribution is 2.24. The maximum Gasteiger partial charge on any atom is 0.322 e. The summed E-state index contributed by atoms with van der Waals surface area (Å²) in [6.07, 6.45) is 2.12. The second kappa shape index (κ2) is 9.46. The smallest absolute Gasteiger partial charge is 0.322 e. The van der Waals surface area contributed by atoms with Crippen molar-refractivity contribution in [1.82, 2.24) is 4.90 Å². The highest BCUT2D eigenvalue weighted by molar-refractivity contribution is 5.91. The molecule has 0 bridgehead atoms. The normalized spacial score (nSPS) is 15.9. The SMILES string of the molecule is COc1ccccc1NC(=O)N(Cc1ccc(N(C)C)cc1)C[C@@H]1CCCO1. The van der Waals surface area contributed by atoms with Gasteiger partial charge >= 0.3 is 6.03 Å². The van der Waals surface area contributed by atoms with E-state index < -0.39 is 0 Å². The summed E-state index contributed by atoms with van der Waals surface area (Å²) in [5.41, 5.74) is 2.88. The molecular weight excluding hydrogens is 354 g/mol. The standard InChI is InChI=1S/C22H29N3O3/c1-24(2)18-12-10-17(11-13-18)15-25(16-19-7-6-14-28-19)22(26)23-20-8-4-5-9-21(20)27-3/h4-5,8-13,19H,6-7,14-16H2,1-3H3,(H,23,26)/t19-/m0/s1. The first-order chi connectivity index (χ1) is 13.6. The molecule has 0 aromatic heterocycles. The van der Waals surface area contributed by atoms with Crippen molar-refractivity contribution in [3.05, 3.63) is 54.1 Å². The lowest BCUT2D eigenvalue weighted by molar-refractivity contribution is 0.0819. The minimum absolute atomic E-state index is 0.0875. The van der Waals surface area contributed by atoms with Crippen molar-refractivity contribution >= 4 is 17.4 Å². The summed E-state index contributed by atoms with van der Waals surface area (Å²) < 4.78 is 11.1. The molecular formula is C22H29N3O3. The van der Waals surface area contributed by atoms with E-state index in [2.05, 4.69) is 34.5 Å². The first-order valence-corrected chi connectivity index (χ1v) is 9.63. The van der Waals surface area contributed by atoms with Crippen LogP contribution in [0.25, 0.3) is 0 Å². The monoisotopic (exact) mass is 383 g/mol. The van der Waals surface area contributed by atoms with Crippen LogP contribution < -0.4 is 15.0 Å². The minimum atomic E-state index is -0.156. The molecule has 2 aromatic carbocycles. The van der Waals surface area contributed by atoms with Crippen LogP contribution >= 0.6 is 0 Å². The zero-order valence-electron chi connectivity index (χ0n) is 16.9. The number of nitrogens with one attached hydrogen (secondary N) is 1. The number of nitrogens with zero attached hydrogens (tertiary/aromatic N) is 2. The molecule has 0 aliphatic carbocycles. The number of methoxy groups -OCH3 is 1. The first kappa shape index (κ1) is 20.0. The number of hydrogen-bond acceptors (Lipinski definition) is 4. The van der Waals surface area contributed by atoms with Gasteiger partial charge in [-0.15, -0.1) is 0 Å². The van der Waals surface area contributed by atoms with Gasteiger partial charge in [-0.25, -0.2) is 4.79 Å². The van der Waals surface area contributed by atoms with Crippen molar-refractivity contribution in [3.63, 3.8) is 0 Å². The molecule has 1 atom stereocenters. The molecule has 1 fully saturated rings. The van der Waals surface area contributed by atoms with E-state index in [9.17, 15) is 4.79 Å². The Kier molecular flexibility index (Phi) is 6.76. The van der Waals surface area contributed by atoms with Crippen molar-refractivity contribution in [2.24, 2.45) is 0 Å². The van der Waals surface area contributed by atoms with Gasteiger partial charge in [0.2, 0.25) is 0 Å². The molecule has 0 saturated carbocycles. The highest BCUT2D eigenvalue weighted by atomic mass is 16.5. The number of rotatable bonds is 7. The Balaban J connectivity index is 1.74. The Bertz CT molecular complexity index is 771. The van der Waals surface area contributed by atoms with Crippen molar-refractivity contribution in [1.29, 1.82) is 0 Å². The maximum absolute atomic E-state index is 13.0. The second-order valence-corrected chi connectivity index (χ2v) is 7.21. The lowest BCUT2D eigenvalue weighted by Crippen LogP contribution is -2.39. The van der Waals surface area contributed by atoms with Gasteiger partial charge in [0.05, 0.1) is 18.9 Å². The number of amides is 2. The second-order valence-electron chi connectivity index (χ2n) is 7.21. The third kappa shape index (κ3) is 5.16. The fraction of sp³-hybridized carbons (Fsp3) is 0.409. The van der Waals surface area contributed by atoms with Gasteiger partial charge in [0, 0.05) is 39.5 Å². The van der Waals surface area contributed by atoms with E-state index >= 15 is 0 Å². The minimum Gasteiger partial charge on any atom is -0.495 e. The summed E-state index contributed by atoms with van der Waals surface area (Å²) in [7, 11) is 5.63. The fourth-order valence-electron chi connectivity index (χ4n) is 3.32. The molecule has 150 valence electrons. The first-order valence-electron chi connectivity index (χ1n) is 9.63. The van der Waals surface area contributed by atoms with Gasteiger partial charge in [-0.05, 0) is 42.7 Å². The molecule has 1 N–H and O–H groups in total. The van der Waals surface area contributed by atoms with E-state index in [-0.39, 0.29) is 12.1 Å². The molecule has 2 aromatic rings. The summed E-state index contributed by atoms with van der Waals surface area (Å²) in [6, 6.07) is 15.5. The lowest BCUT2D eigenvalue weighted by Gasteiger charge is -2.26. The molecule has 0 radical (unpaired) electrons. The van der Waals surface area contributed by atoms with Gasteiger partial charge in [0.15, 0.2) is 0 Å². The number of anilines is 2. The molecule has 6 nitrogen and oxygen atoms in total. The topological polar surface area (TPSA) is 54.0 Å². The van der Waals surface area contributed by atoms with Crippen LogP contribution in [0, 0.1) is 0 Å². The van der Waals surface area contributed by atoms with Crippen molar-refractivity contribution in [2.45, 2.75) is 25.5 Å². The molecule has 1 saturated heterocycles. The van der Waals surface area contributed by atoms with Crippen LogP contribution in [0.5, 0.6) is 5.75 Å². The van der Waals surface area contributed by atoms with Gasteiger partial charge in [0.1, 0.15) is 5.75 Å². The lowest BCUT2D eigenvalue weighted by atomic mass is 10.1. The van der Waals surface area contributed by atoms with Crippen LogP contribution in [-0.4, -0.2) is 51.4 Å². The zero-order chi connectivity index (χ0) is 19.9. The Morgan fingerprint density at radius 1 is 1.18 bits per heavy atom. The van der Waals surface area contributed by atoms with E-state index in [1.165, 1.54) is 0 Å². The molecule has 3 rings (SSSR count). The number of ether oxygens (including phenoxy) is 2. The van der Waals surface area contributed by atoms with E-state index in [1.807, 2.05) is 43.3 Å². The van der Waals surface area contributed by atoms with Crippen molar-refractivity contribution in [3.8, 4) is 5.75 Å². The average molecular weight is 383 g/mol. The van der Waals surface area contributed by atoms with Gasteiger partial charge in [-0.1, -0.05) is 24.3 Å². The Hall–Kier alpha value is -2.73. The quantitative estimate of drug-likeness (QED) is 0.786. The van der Waals surface area contributed by atoms with Crippen LogP contribution in [-0.2, 0) is 11.3 Å². The van der Waals surface area contributed by atoms with Crippen LogP contribution in [0.3, 0.4) is 0 Å². The molecule has 2 amide bonds. The Labute approximate surface area is 167 Å². The third-order valence-corrected chi connectivity index (χ3v) is 4.91. The molecule has 1 aliphatic rings. The summed E-state index contributed by atoms with van der Waals surface area (Å²) in [6.45, 7) is 1.86. The van der Waals surface area contributed by atoms with Crippen LogP contribution in [0.2, 0.25) is 0 Å². The van der Waals surface area contributed by atoms with E-state index in [4.69, 9.17) is 9.47 Å². The van der Waals surface area contributed by atoms with Crippen LogP contribution in [0.1, 0.15) is 18.4 Å². The summed E-state index contributed by atoms with van der Waals surface area (Å²) in [5, 5.41) is 2.98. The molecule has 1 aliphatic heterocycles. The zero-order valence-corrected chi connectivity index (χ0v) is 16.9. The summed E-state index contributed by atoms with van der Waals surface area (Å²) in [5.74, 6) is 0.642. The van der Waals surface area contributed by atoms with E-state index in [1.54, 1.807) is 7.11 Å². The average Bonchev–Trinajstić information content (AvgIpc) is 3.21. The Morgan fingerprint density at radius 3 is 2.57 bits per heavy atom. The molecule has 1 heterocycles. The van der Waals surface area contributed by atoms with Gasteiger partial charge in [-0.2, -0.15) is 0 Å². The molecule has 28 heavy (non-hydrogen) atoms. The van der Waals surface area contributed by atoms with Crippen LogP contribution in [0.15, 0.2) is 48.5 Å². The molecule has 6 heteroatoms. The largest absolute Gasteiger partial charge is 0.495 e. The number of benzene rings is 2. The number of carbonyl (C=O) groups is 1. The Morgan fingerprint density at radius 2 is 1.93 bits per heavy atom. The number of hydrogen-bond donors (Lipinski definition) is 1. The van der Waals surface area contributed by atoms with Crippen LogP contribution in [0.4, 0.5) is 16.2 Å². The van der Waals surface area contributed by atoms with E-state index in [0.29, 0.717) is 24.5 Å². The summed E-state index contributed by atoms with van der Waals surface area (Å²) >= 11 is 0. The van der Waals surface area contributed by atoms with E-state index in [0.717, 1.165) is 30.7 Å².